The molecule has 0 aliphatic heterocycles. The van der Waals surface area contributed by atoms with Gasteiger partial charge in [-0.3, -0.25) is 9.59 Å². The molecule has 9 heteroatoms. The number of hydrogen-bond acceptors (Lipinski definition) is 4. The number of nitrogens with one attached hydrogen (secondary N) is 2. The first-order valence-electron chi connectivity index (χ1n) is 7.25. The maximum absolute atomic E-state index is 12.3. The predicted octanol–water partition coefficient (Wildman–Crippen LogP) is 3.46. The Kier molecular flexibility index (Phi) is 5.71. The quantitative estimate of drug-likeness (QED) is 0.848. The smallest absolute Gasteiger partial charge is 0.471 e. The molecule has 0 heterocycles. The van der Waals surface area contributed by atoms with E-state index in [1.165, 1.54) is 50.6 Å². The van der Waals surface area contributed by atoms with Gasteiger partial charge in [0.1, 0.15) is 11.5 Å². The van der Waals surface area contributed by atoms with E-state index in [1.54, 1.807) is 11.4 Å². The van der Waals surface area contributed by atoms with Gasteiger partial charge >= 0.3 is 12.1 Å². The average Bonchev–Trinajstić information content (AvgIpc) is 2.61. The zero-order valence-electron chi connectivity index (χ0n) is 13.8. The van der Waals surface area contributed by atoms with Gasteiger partial charge in [-0.05, 0) is 36.4 Å². The number of anilines is 2. The normalized spacial score (nSPS) is 10.8. The number of ether oxygens (including phenoxy) is 2. The van der Waals surface area contributed by atoms with Gasteiger partial charge in [0.05, 0.1) is 14.2 Å². The van der Waals surface area contributed by atoms with Crippen molar-refractivity contribution < 1.29 is 32.2 Å². The zero-order valence-corrected chi connectivity index (χ0v) is 13.8. The van der Waals surface area contributed by atoms with E-state index in [-0.39, 0.29) is 11.3 Å². The zero-order chi connectivity index (χ0) is 19.3. The fourth-order valence-electron chi connectivity index (χ4n) is 1.98. The van der Waals surface area contributed by atoms with Gasteiger partial charge in [0.15, 0.2) is 0 Å². The Morgan fingerprint density at radius 3 is 1.73 bits per heavy atom. The van der Waals surface area contributed by atoms with Crippen LogP contribution in [0.2, 0.25) is 0 Å². The largest absolute Gasteiger partial charge is 0.497 e. The fraction of sp³-hybridized carbons (Fsp3) is 0.176. The molecule has 0 atom stereocenters. The highest BCUT2D eigenvalue weighted by atomic mass is 19.4. The number of benzene rings is 2. The predicted molar refractivity (Wildman–Crippen MR) is 88.6 cm³/mol. The lowest BCUT2D eigenvalue weighted by molar-refractivity contribution is -0.167. The Morgan fingerprint density at radius 1 is 0.846 bits per heavy atom. The van der Waals surface area contributed by atoms with Crippen molar-refractivity contribution in [2.45, 2.75) is 6.18 Å². The molecule has 26 heavy (non-hydrogen) atoms. The molecule has 2 aromatic carbocycles. The van der Waals surface area contributed by atoms with E-state index in [2.05, 4.69) is 5.32 Å². The van der Waals surface area contributed by atoms with Crippen molar-refractivity contribution in [1.82, 2.24) is 0 Å². The highest BCUT2D eigenvalue weighted by molar-refractivity contribution is 6.05. The monoisotopic (exact) mass is 368 g/mol. The maximum atomic E-state index is 12.3. The molecule has 2 rings (SSSR count). The summed E-state index contributed by atoms with van der Waals surface area (Å²) >= 11 is 0. The third kappa shape index (κ3) is 4.88. The molecular weight excluding hydrogens is 353 g/mol. The topological polar surface area (TPSA) is 76.7 Å². The van der Waals surface area contributed by atoms with E-state index < -0.39 is 18.0 Å². The molecule has 0 aliphatic rings. The van der Waals surface area contributed by atoms with Crippen LogP contribution in [0.15, 0.2) is 42.5 Å². The van der Waals surface area contributed by atoms with Crippen molar-refractivity contribution >= 4 is 23.2 Å². The number of alkyl halides is 3. The Morgan fingerprint density at radius 2 is 1.31 bits per heavy atom. The standard InChI is InChI=1S/C17H15F3N2O4/c1-25-13-7-10(8-14(9-13)26-2)15(23)21-11-3-5-12(6-4-11)22-16(24)17(18,19)20/h3-9H,1-2H3,(H,21,23)(H,22,24). The van der Waals surface area contributed by atoms with Crippen LogP contribution in [-0.2, 0) is 4.79 Å². The number of rotatable bonds is 5. The number of amides is 2. The van der Waals surface area contributed by atoms with Gasteiger partial charge in [-0.15, -0.1) is 0 Å². The second-order valence-corrected chi connectivity index (χ2v) is 5.08. The van der Waals surface area contributed by atoms with E-state index in [1.807, 2.05) is 0 Å². The SMILES string of the molecule is COc1cc(OC)cc(C(=O)Nc2ccc(NC(=O)C(F)(F)F)cc2)c1. The molecule has 0 fully saturated rings. The molecule has 2 aromatic rings. The number of methoxy groups -OCH3 is 2. The van der Waals surface area contributed by atoms with Gasteiger partial charge in [-0.2, -0.15) is 13.2 Å². The van der Waals surface area contributed by atoms with Gasteiger partial charge in [-0.25, -0.2) is 0 Å². The average molecular weight is 368 g/mol. The molecule has 0 saturated heterocycles. The Labute approximate surface area is 146 Å². The van der Waals surface area contributed by atoms with E-state index in [4.69, 9.17) is 9.47 Å². The van der Waals surface area contributed by atoms with Crippen molar-refractivity contribution in [2.24, 2.45) is 0 Å². The summed E-state index contributed by atoms with van der Waals surface area (Å²) in [5, 5.41) is 4.30. The molecule has 2 amide bonds. The summed E-state index contributed by atoms with van der Waals surface area (Å²) in [4.78, 5) is 23.2. The summed E-state index contributed by atoms with van der Waals surface area (Å²) in [5.74, 6) is -1.67. The van der Waals surface area contributed by atoms with Crippen LogP contribution in [0, 0.1) is 0 Å². The lowest BCUT2D eigenvalue weighted by Crippen LogP contribution is -2.29. The molecule has 138 valence electrons. The number of hydrogen-bond donors (Lipinski definition) is 2. The molecule has 0 unspecified atom stereocenters. The molecule has 0 radical (unpaired) electrons. The molecule has 0 saturated carbocycles. The Hall–Kier alpha value is -3.23. The van der Waals surface area contributed by atoms with Crippen molar-refractivity contribution in [3.63, 3.8) is 0 Å². The summed E-state index contributed by atoms with van der Waals surface area (Å²) in [7, 11) is 2.90. The molecular formula is C17H15F3N2O4. The van der Waals surface area contributed by atoms with Crippen LogP contribution in [0.4, 0.5) is 24.5 Å². The van der Waals surface area contributed by atoms with E-state index in [0.29, 0.717) is 17.2 Å². The first kappa shape index (κ1) is 19.1. The number of halogens is 3. The van der Waals surface area contributed by atoms with Crippen LogP contribution in [-0.4, -0.2) is 32.2 Å². The molecule has 0 aliphatic carbocycles. The summed E-state index contributed by atoms with van der Waals surface area (Å²) in [5.41, 5.74) is 0.561. The van der Waals surface area contributed by atoms with Crippen molar-refractivity contribution in [2.75, 3.05) is 24.9 Å². The van der Waals surface area contributed by atoms with Crippen LogP contribution in [0.3, 0.4) is 0 Å². The number of carbonyl (C=O) groups excluding carboxylic acids is 2. The first-order valence-corrected chi connectivity index (χ1v) is 7.25. The molecule has 6 nitrogen and oxygen atoms in total. The van der Waals surface area contributed by atoms with Crippen molar-refractivity contribution in [1.29, 1.82) is 0 Å². The van der Waals surface area contributed by atoms with E-state index in [0.717, 1.165) is 0 Å². The summed E-state index contributed by atoms with van der Waals surface area (Å²) in [6.45, 7) is 0. The fourth-order valence-corrected chi connectivity index (χ4v) is 1.98. The van der Waals surface area contributed by atoms with E-state index in [9.17, 15) is 22.8 Å². The maximum Gasteiger partial charge on any atom is 0.471 e. The molecule has 2 N–H and O–H groups in total. The molecule has 0 aromatic heterocycles. The van der Waals surface area contributed by atoms with Gasteiger partial charge in [0.2, 0.25) is 0 Å². The molecule has 0 spiro atoms. The van der Waals surface area contributed by atoms with Gasteiger partial charge in [-0.1, -0.05) is 0 Å². The highest BCUT2D eigenvalue weighted by Crippen LogP contribution is 2.24. The molecule has 0 bridgehead atoms. The van der Waals surface area contributed by atoms with Crippen molar-refractivity contribution in [3.8, 4) is 11.5 Å². The lowest BCUT2D eigenvalue weighted by atomic mass is 10.1. The minimum Gasteiger partial charge on any atom is -0.497 e. The van der Waals surface area contributed by atoms with E-state index >= 15 is 0 Å². The summed E-state index contributed by atoms with van der Waals surface area (Å²) in [6, 6.07) is 9.83. The third-order valence-corrected chi connectivity index (χ3v) is 3.27. The van der Waals surface area contributed by atoms with Gasteiger partial charge in [0.25, 0.3) is 5.91 Å². The van der Waals surface area contributed by atoms with Crippen molar-refractivity contribution in [3.05, 3.63) is 48.0 Å². The Bertz CT molecular complexity index is 782. The second kappa shape index (κ2) is 7.77. The Balaban J connectivity index is 2.09. The minimum absolute atomic E-state index is 0.0478. The second-order valence-electron chi connectivity index (χ2n) is 5.08. The van der Waals surface area contributed by atoms with Gasteiger partial charge < -0.3 is 20.1 Å². The first-order chi connectivity index (χ1) is 12.2. The van der Waals surface area contributed by atoms with Crippen LogP contribution >= 0.6 is 0 Å². The summed E-state index contributed by atoms with van der Waals surface area (Å²) < 4.78 is 46.8. The van der Waals surface area contributed by atoms with Gasteiger partial charge in [0, 0.05) is 23.0 Å². The lowest BCUT2D eigenvalue weighted by Gasteiger charge is -2.11. The van der Waals surface area contributed by atoms with Crippen LogP contribution in [0.5, 0.6) is 11.5 Å². The highest BCUT2D eigenvalue weighted by Gasteiger charge is 2.38. The number of carbonyl (C=O) groups is 2. The third-order valence-electron chi connectivity index (χ3n) is 3.27. The van der Waals surface area contributed by atoms with Crippen LogP contribution in [0.1, 0.15) is 10.4 Å². The summed E-state index contributed by atoms with van der Waals surface area (Å²) in [6.07, 6.45) is -4.97. The van der Waals surface area contributed by atoms with Crippen LogP contribution in [0.25, 0.3) is 0 Å². The van der Waals surface area contributed by atoms with Crippen LogP contribution < -0.4 is 20.1 Å². The minimum atomic E-state index is -4.97.